The zero-order chi connectivity index (χ0) is 23.1. The van der Waals surface area contributed by atoms with Crippen LogP contribution in [-0.4, -0.2) is 73.1 Å². The van der Waals surface area contributed by atoms with Crippen LogP contribution < -0.4 is 9.21 Å². The van der Waals surface area contributed by atoms with Crippen LogP contribution in [0.4, 0.5) is 11.4 Å². The summed E-state index contributed by atoms with van der Waals surface area (Å²) in [4.78, 5) is 14.8. The van der Waals surface area contributed by atoms with Crippen LogP contribution in [0, 0.1) is 0 Å². The number of hydrogen-bond donors (Lipinski definition) is 0. The van der Waals surface area contributed by atoms with Gasteiger partial charge in [0.05, 0.1) is 10.6 Å². The maximum atomic E-state index is 13.0. The fourth-order valence-corrected chi connectivity index (χ4v) is 5.14. The lowest BCUT2D eigenvalue weighted by Crippen LogP contribution is -2.37. The average molecular weight is 467 g/mol. The fourth-order valence-electron chi connectivity index (χ4n) is 3.31. The topological polar surface area (TPSA) is 98.3 Å². The Morgan fingerprint density at radius 3 is 2.03 bits per heavy atom. The molecule has 0 saturated heterocycles. The van der Waals surface area contributed by atoms with Gasteiger partial charge in [-0.1, -0.05) is 0 Å². The summed E-state index contributed by atoms with van der Waals surface area (Å²) in [6, 6.07) is 11.1. The summed E-state index contributed by atoms with van der Waals surface area (Å²) in [6.45, 7) is 0.441. The quantitative estimate of drug-likeness (QED) is 0.641. The minimum Gasteiger partial charge on any atom is -0.308 e. The van der Waals surface area contributed by atoms with Crippen molar-refractivity contribution in [2.45, 2.75) is 11.3 Å². The Morgan fingerprint density at radius 2 is 1.48 bits per heavy atom. The van der Waals surface area contributed by atoms with Gasteiger partial charge in [0.1, 0.15) is 0 Å². The van der Waals surface area contributed by atoms with Crippen molar-refractivity contribution in [3.8, 4) is 0 Å². The van der Waals surface area contributed by atoms with Crippen LogP contribution in [0.15, 0.2) is 47.4 Å². The molecular formula is C20H26N4O5S2. The molecule has 1 heterocycles. The lowest BCUT2D eigenvalue weighted by molar-refractivity contribution is 0.0989. The highest BCUT2D eigenvalue weighted by atomic mass is 32.2. The molecule has 2 aromatic rings. The summed E-state index contributed by atoms with van der Waals surface area (Å²) in [6.07, 6.45) is 0.555. The second-order valence-corrected chi connectivity index (χ2v) is 11.9. The molecule has 3 rings (SSSR count). The molecule has 0 aliphatic carbocycles. The van der Waals surface area contributed by atoms with Gasteiger partial charge >= 0.3 is 10.2 Å². The first-order valence-corrected chi connectivity index (χ1v) is 12.3. The SMILES string of the molecule is CN(C)S(=O)(=O)c1ccc2c(c1)CCN2C(=O)c1ccc(N(C)S(=O)(=O)N(C)C)cc1. The van der Waals surface area contributed by atoms with Gasteiger partial charge in [-0.05, 0) is 54.4 Å². The fraction of sp³-hybridized carbons (Fsp3) is 0.350. The molecule has 168 valence electrons. The average Bonchev–Trinajstić information content (AvgIpc) is 3.15. The molecule has 0 saturated carbocycles. The molecule has 0 atom stereocenters. The van der Waals surface area contributed by atoms with Gasteiger partial charge in [-0.2, -0.15) is 12.7 Å². The zero-order valence-corrected chi connectivity index (χ0v) is 19.7. The van der Waals surface area contributed by atoms with Crippen LogP contribution in [0.2, 0.25) is 0 Å². The molecule has 0 spiro atoms. The first kappa shape index (κ1) is 23.2. The molecule has 2 aromatic carbocycles. The number of carbonyl (C=O) groups excluding carboxylic acids is 1. The van der Waals surface area contributed by atoms with E-state index in [4.69, 9.17) is 0 Å². The number of nitrogens with zero attached hydrogens (tertiary/aromatic N) is 4. The highest BCUT2D eigenvalue weighted by molar-refractivity contribution is 7.90. The third-order valence-electron chi connectivity index (χ3n) is 5.26. The van der Waals surface area contributed by atoms with Crippen LogP contribution in [0.1, 0.15) is 15.9 Å². The minimum absolute atomic E-state index is 0.194. The van der Waals surface area contributed by atoms with Crippen LogP contribution in [-0.2, 0) is 26.7 Å². The number of benzene rings is 2. The summed E-state index contributed by atoms with van der Waals surface area (Å²) in [7, 11) is 0.125. The van der Waals surface area contributed by atoms with Gasteiger partial charge in [0, 0.05) is 53.0 Å². The van der Waals surface area contributed by atoms with Crippen molar-refractivity contribution in [3.05, 3.63) is 53.6 Å². The van der Waals surface area contributed by atoms with E-state index in [0.29, 0.717) is 29.9 Å². The van der Waals surface area contributed by atoms with E-state index in [9.17, 15) is 21.6 Å². The Labute approximate surface area is 183 Å². The monoisotopic (exact) mass is 466 g/mol. The van der Waals surface area contributed by atoms with Gasteiger partial charge in [-0.25, -0.2) is 12.7 Å². The number of hydrogen-bond acceptors (Lipinski definition) is 5. The molecule has 11 heteroatoms. The first-order valence-electron chi connectivity index (χ1n) is 9.51. The molecule has 1 aliphatic heterocycles. The van der Waals surface area contributed by atoms with E-state index in [1.165, 1.54) is 41.3 Å². The zero-order valence-electron chi connectivity index (χ0n) is 18.1. The van der Waals surface area contributed by atoms with Crippen LogP contribution in [0.3, 0.4) is 0 Å². The van der Waals surface area contributed by atoms with Crippen molar-refractivity contribution in [2.24, 2.45) is 0 Å². The number of sulfonamides is 1. The molecule has 31 heavy (non-hydrogen) atoms. The second kappa shape index (κ2) is 8.23. The van der Waals surface area contributed by atoms with Gasteiger partial charge < -0.3 is 4.90 Å². The van der Waals surface area contributed by atoms with E-state index >= 15 is 0 Å². The molecule has 1 aliphatic rings. The van der Waals surface area contributed by atoms with Gasteiger partial charge in [0.25, 0.3) is 5.91 Å². The van der Waals surface area contributed by atoms with E-state index in [-0.39, 0.29) is 10.8 Å². The lowest BCUT2D eigenvalue weighted by Gasteiger charge is -2.23. The summed E-state index contributed by atoms with van der Waals surface area (Å²) in [5, 5.41) is 0. The summed E-state index contributed by atoms with van der Waals surface area (Å²) >= 11 is 0. The molecule has 0 unspecified atom stereocenters. The highest BCUT2D eigenvalue weighted by Gasteiger charge is 2.28. The van der Waals surface area contributed by atoms with E-state index in [2.05, 4.69) is 0 Å². The van der Waals surface area contributed by atoms with Crippen molar-refractivity contribution in [3.63, 3.8) is 0 Å². The Kier molecular flexibility index (Phi) is 6.16. The van der Waals surface area contributed by atoms with Gasteiger partial charge in [0.15, 0.2) is 0 Å². The molecule has 1 amide bonds. The maximum absolute atomic E-state index is 13.0. The molecule has 0 radical (unpaired) electrons. The van der Waals surface area contributed by atoms with Crippen molar-refractivity contribution in [1.29, 1.82) is 0 Å². The summed E-state index contributed by atoms with van der Waals surface area (Å²) < 4.78 is 52.7. The molecular weight excluding hydrogens is 440 g/mol. The third kappa shape index (κ3) is 4.18. The molecule has 0 aromatic heterocycles. The normalized spacial score (nSPS) is 14.2. The van der Waals surface area contributed by atoms with Crippen LogP contribution >= 0.6 is 0 Å². The molecule has 0 fully saturated rings. The second-order valence-electron chi connectivity index (χ2n) is 7.59. The number of carbonyl (C=O) groups is 1. The predicted molar refractivity (Wildman–Crippen MR) is 120 cm³/mol. The summed E-state index contributed by atoms with van der Waals surface area (Å²) in [5.41, 5.74) is 2.33. The van der Waals surface area contributed by atoms with Gasteiger partial charge in [0.2, 0.25) is 10.0 Å². The van der Waals surface area contributed by atoms with E-state index < -0.39 is 20.2 Å². The number of amides is 1. The Bertz CT molecular complexity index is 1210. The first-order chi connectivity index (χ1) is 14.4. The predicted octanol–water partition coefficient (Wildman–Crippen LogP) is 1.38. The van der Waals surface area contributed by atoms with Crippen LogP contribution in [0.25, 0.3) is 0 Å². The molecule has 0 N–H and O–H groups in total. The van der Waals surface area contributed by atoms with Gasteiger partial charge in [-0.3, -0.25) is 9.10 Å². The smallest absolute Gasteiger partial charge is 0.303 e. The number of fused-ring (bicyclic) bond motifs is 1. The lowest BCUT2D eigenvalue weighted by atomic mass is 10.1. The minimum atomic E-state index is -3.62. The van der Waals surface area contributed by atoms with E-state index in [1.807, 2.05) is 0 Å². The number of anilines is 2. The highest BCUT2D eigenvalue weighted by Crippen LogP contribution is 2.32. The van der Waals surface area contributed by atoms with Crippen LogP contribution in [0.5, 0.6) is 0 Å². The standard InChI is InChI=1S/C20H26N4O5S2/c1-21(2)30(26,27)18-10-11-19-16(14-18)12-13-24(19)20(25)15-6-8-17(9-7-15)23(5)31(28,29)22(3)4/h6-11,14H,12-13H2,1-5H3. The Morgan fingerprint density at radius 1 is 0.871 bits per heavy atom. The molecule has 0 bridgehead atoms. The summed E-state index contributed by atoms with van der Waals surface area (Å²) in [5.74, 6) is -0.230. The van der Waals surface area contributed by atoms with Crippen molar-refractivity contribution in [2.75, 3.05) is 51.0 Å². The van der Waals surface area contributed by atoms with Gasteiger partial charge in [-0.15, -0.1) is 0 Å². The van der Waals surface area contributed by atoms with E-state index in [0.717, 1.165) is 18.5 Å². The number of rotatable bonds is 6. The maximum Gasteiger partial charge on any atom is 0.303 e. The van der Waals surface area contributed by atoms with E-state index in [1.54, 1.807) is 41.3 Å². The third-order valence-corrected chi connectivity index (χ3v) is 8.89. The molecule has 9 nitrogen and oxygen atoms in total. The van der Waals surface area contributed by atoms with Crippen molar-refractivity contribution >= 4 is 37.5 Å². The van der Waals surface area contributed by atoms with Crippen molar-refractivity contribution in [1.82, 2.24) is 8.61 Å². The van der Waals surface area contributed by atoms with Crippen molar-refractivity contribution < 1.29 is 21.6 Å². The Hall–Kier alpha value is -2.47. The largest absolute Gasteiger partial charge is 0.308 e. The Balaban J connectivity index is 1.85.